The maximum atomic E-state index is 9.43. The van der Waals surface area contributed by atoms with E-state index in [1.807, 2.05) is 13.8 Å². The SMILES string of the molecule is CC(C)C(CO)n1nnc2ccc(O)cc21. The molecule has 2 aromatic rings. The van der Waals surface area contributed by atoms with Crippen molar-refractivity contribution in [1.82, 2.24) is 15.0 Å². The minimum Gasteiger partial charge on any atom is -0.508 e. The van der Waals surface area contributed by atoms with Crippen LogP contribution in [0.5, 0.6) is 5.75 Å². The van der Waals surface area contributed by atoms with E-state index < -0.39 is 0 Å². The number of aromatic hydroxyl groups is 1. The second-order valence-electron chi connectivity index (χ2n) is 4.20. The van der Waals surface area contributed by atoms with Gasteiger partial charge in [-0.3, -0.25) is 0 Å². The first-order chi connectivity index (χ1) is 7.63. The van der Waals surface area contributed by atoms with Gasteiger partial charge in [-0.2, -0.15) is 0 Å². The van der Waals surface area contributed by atoms with E-state index in [0.29, 0.717) is 0 Å². The molecule has 1 aromatic carbocycles. The van der Waals surface area contributed by atoms with Crippen molar-refractivity contribution in [2.45, 2.75) is 19.9 Å². The van der Waals surface area contributed by atoms with Crippen LogP contribution in [0.2, 0.25) is 0 Å². The summed E-state index contributed by atoms with van der Waals surface area (Å²) in [6.45, 7) is 4.03. The van der Waals surface area contributed by atoms with Crippen molar-refractivity contribution in [3.63, 3.8) is 0 Å². The van der Waals surface area contributed by atoms with E-state index in [2.05, 4.69) is 10.3 Å². The summed E-state index contributed by atoms with van der Waals surface area (Å²) < 4.78 is 1.67. The average Bonchev–Trinajstić information content (AvgIpc) is 2.62. The molecule has 2 N–H and O–H groups in total. The van der Waals surface area contributed by atoms with E-state index in [1.165, 1.54) is 0 Å². The fraction of sp³-hybridized carbons (Fsp3) is 0.455. The molecule has 0 aliphatic heterocycles. The maximum absolute atomic E-state index is 9.43. The van der Waals surface area contributed by atoms with Gasteiger partial charge in [0.05, 0.1) is 18.2 Å². The van der Waals surface area contributed by atoms with Crippen LogP contribution in [0.4, 0.5) is 0 Å². The average molecular weight is 221 g/mol. The molecule has 16 heavy (non-hydrogen) atoms. The molecular weight excluding hydrogens is 206 g/mol. The highest BCUT2D eigenvalue weighted by molar-refractivity contribution is 5.76. The normalized spacial score (nSPS) is 13.5. The zero-order chi connectivity index (χ0) is 11.7. The molecule has 0 saturated carbocycles. The Morgan fingerprint density at radius 1 is 1.38 bits per heavy atom. The molecule has 86 valence electrons. The Balaban J connectivity index is 2.55. The van der Waals surface area contributed by atoms with Gasteiger partial charge in [0.2, 0.25) is 0 Å². The third kappa shape index (κ3) is 1.74. The quantitative estimate of drug-likeness (QED) is 0.820. The van der Waals surface area contributed by atoms with Crippen LogP contribution in [0.3, 0.4) is 0 Å². The number of fused-ring (bicyclic) bond motifs is 1. The molecule has 1 atom stereocenters. The van der Waals surface area contributed by atoms with Crippen LogP contribution in [0, 0.1) is 5.92 Å². The lowest BCUT2D eigenvalue weighted by Crippen LogP contribution is -2.20. The Labute approximate surface area is 93.3 Å². The molecule has 0 aliphatic rings. The van der Waals surface area contributed by atoms with E-state index in [4.69, 9.17) is 0 Å². The lowest BCUT2D eigenvalue weighted by molar-refractivity contribution is 0.184. The van der Waals surface area contributed by atoms with Gasteiger partial charge in [-0.25, -0.2) is 4.68 Å². The van der Waals surface area contributed by atoms with Crippen molar-refractivity contribution in [1.29, 1.82) is 0 Å². The van der Waals surface area contributed by atoms with Gasteiger partial charge in [0, 0.05) is 6.07 Å². The van der Waals surface area contributed by atoms with Gasteiger partial charge in [0.25, 0.3) is 0 Å². The van der Waals surface area contributed by atoms with Gasteiger partial charge >= 0.3 is 0 Å². The van der Waals surface area contributed by atoms with Crippen LogP contribution in [0.1, 0.15) is 19.9 Å². The molecular formula is C11H15N3O2. The summed E-state index contributed by atoms with van der Waals surface area (Å²) in [5, 5.41) is 26.8. The van der Waals surface area contributed by atoms with Gasteiger partial charge < -0.3 is 10.2 Å². The Morgan fingerprint density at radius 2 is 2.12 bits per heavy atom. The number of hydrogen-bond donors (Lipinski definition) is 2. The smallest absolute Gasteiger partial charge is 0.117 e. The maximum Gasteiger partial charge on any atom is 0.117 e. The summed E-state index contributed by atoms with van der Waals surface area (Å²) in [5.41, 5.74) is 1.46. The van der Waals surface area contributed by atoms with Crippen LogP contribution in [0.15, 0.2) is 18.2 Å². The molecule has 5 nitrogen and oxygen atoms in total. The number of aliphatic hydroxyl groups excluding tert-OH is 1. The highest BCUT2D eigenvalue weighted by atomic mass is 16.3. The number of benzene rings is 1. The second kappa shape index (κ2) is 4.09. The highest BCUT2D eigenvalue weighted by Gasteiger charge is 2.18. The minimum absolute atomic E-state index is 0.00574. The summed E-state index contributed by atoms with van der Waals surface area (Å²) in [6.07, 6.45) is 0. The number of hydrogen-bond acceptors (Lipinski definition) is 4. The van der Waals surface area contributed by atoms with E-state index in [-0.39, 0.29) is 24.3 Å². The Kier molecular flexibility index (Phi) is 2.78. The molecule has 0 saturated heterocycles. The predicted octanol–water partition coefficient (Wildman–Crippen LogP) is 1.33. The van der Waals surface area contributed by atoms with Crippen molar-refractivity contribution >= 4 is 11.0 Å². The number of nitrogens with zero attached hydrogens (tertiary/aromatic N) is 3. The zero-order valence-electron chi connectivity index (χ0n) is 9.33. The standard InChI is InChI=1S/C11H15N3O2/c1-7(2)11(6-15)14-10-5-8(16)3-4-9(10)12-13-14/h3-5,7,11,15-16H,6H2,1-2H3. The van der Waals surface area contributed by atoms with Gasteiger partial charge in [-0.1, -0.05) is 19.1 Å². The highest BCUT2D eigenvalue weighted by Crippen LogP contribution is 2.24. The van der Waals surface area contributed by atoms with Gasteiger partial charge in [0.15, 0.2) is 0 Å². The molecule has 2 rings (SSSR count). The Hall–Kier alpha value is -1.62. The first kappa shape index (κ1) is 10.9. The predicted molar refractivity (Wildman–Crippen MR) is 60.2 cm³/mol. The Morgan fingerprint density at radius 3 is 2.75 bits per heavy atom. The first-order valence-corrected chi connectivity index (χ1v) is 5.28. The van der Waals surface area contributed by atoms with Crippen LogP contribution >= 0.6 is 0 Å². The van der Waals surface area contributed by atoms with Crippen LogP contribution in [0.25, 0.3) is 11.0 Å². The molecule has 0 amide bonds. The topological polar surface area (TPSA) is 71.2 Å². The largest absolute Gasteiger partial charge is 0.508 e. The van der Waals surface area contributed by atoms with Crippen LogP contribution in [-0.2, 0) is 0 Å². The van der Waals surface area contributed by atoms with Crippen LogP contribution < -0.4 is 0 Å². The third-order valence-corrected chi connectivity index (χ3v) is 2.73. The summed E-state index contributed by atoms with van der Waals surface area (Å²) in [4.78, 5) is 0. The first-order valence-electron chi connectivity index (χ1n) is 5.28. The number of aromatic nitrogens is 3. The van der Waals surface area contributed by atoms with Gasteiger partial charge in [-0.15, -0.1) is 5.10 Å². The van der Waals surface area contributed by atoms with Crippen molar-refractivity contribution in [3.8, 4) is 5.75 Å². The third-order valence-electron chi connectivity index (χ3n) is 2.73. The Bertz CT molecular complexity index is 493. The summed E-state index contributed by atoms with van der Waals surface area (Å²) in [6, 6.07) is 4.78. The molecule has 0 aliphatic carbocycles. The molecule has 0 bridgehead atoms. The molecule has 1 heterocycles. The number of rotatable bonds is 3. The fourth-order valence-corrected chi connectivity index (χ4v) is 1.74. The molecule has 1 aromatic heterocycles. The van der Waals surface area contributed by atoms with E-state index in [9.17, 15) is 10.2 Å². The van der Waals surface area contributed by atoms with Crippen molar-refractivity contribution < 1.29 is 10.2 Å². The fourth-order valence-electron chi connectivity index (χ4n) is 1.74. The number of phenolic OH excluding ortho intramolecular Hbond substituents is 1. The molecule has 0 fully saturated rings. The lowest BCUT2D eigenvalue weighted by atomic mass is 10.1. The monoisotopic (exact) mass is 221 g/mol. The number of phenols is 1. The molecule has 0 spiro atoms. The summed E-state index contributed by atoms with van der Waals surface area (Å²) in [5.74, 6) is 0.425. The van der Waals surface area contributed by atoms with Gasteiger partial charge in [0.1, 0.15) is 11.3 Å². The van der Waals surface area contributed by atoms with Crippen molar-refractivity contribution in [2.24, 2.45) is 5.92 Å². The molecule has 0 radical (unpaired) electrons. The van der Waals surface area contributed by atoms with Gasteiger partial charge in [-0.05, 0) is 18.1 Å². The van der Waals surface area contributed by atoms with E-state index in [1.54, 1.807) is 22.9 Å². The second-order valence-corrected chi connectivity index (χ2v) is 4.20. The number of aliphatic hydroxyl groups is 1. The van der Waals surface area contributed by atoms with E-state index in [0.717, 1.165) is 11.0 Å². The van der Waals surface area contributed by atoms with Crippen molar-refractivity contribution in [3.05, 3.63) is 18.2 Å². The lowest BCUT2D eigenvalue weighted by Gasteiger charge is -2.18. The minimum atomic E-state index is -0.119. The van der Waals surface area contributed by atoms with Crippen LogP contribution in [-0.4, -0.2) is 31.8 Å². The molecule has 5 heteroatoms. The molecule has 1 unspecified atom stereocenters. The summed E-state index contributed by atoms with van der Waals surface area (Å²) in [7, 11) is 0. The summed E-state index contributed by atoms with van der Waals surface area (Å²) >= 11 is 0. The zero-order valence-corrected chi connectivity index (χ0v) is 9.33. The van der Waals surface area contributed by atoms with Crippen molar-refractivity contribution in [2.75, 3.05) is 6.61 Å². The van der Waals surface area contributed by atoms with E-state index >= 15 is 0 Å².